The molecule has 0 bridgehead atoms. The molecule has 2 aromatic carbocycles. The number of nitrogens with one attached hydrogen (secondary N) is 1. The molecule has 1 aliphatic carbocycles. The second-order valence-electron chi connectivity index (χ2n) is 11.9. The number of hydrogen-bond donors (Lipinski definition) is 3. The van der Waals surface area contributed by atoms with Crippen LogP contribution in [0.2, 0.25) is 0 Å². The third kappa shape index (κ3) is 5.25. The van der Waals surface area contributed by atoms with Gasteiger partial charge in [-0.2, -0.15) is 27.1 Å². The van der Waals surface area contributed by atoms with Crippen molar-refractivity contribution in [1.29, 1.82) is 0 Å². The molecule has 4 aromatic rings. The average Bonchev–Trinajstić information content (AvgIpc) is 3.48. The van der Waals surface area contributed by atoms with E-state index in [-0.39, 0.29) is 64.2 Å². The number of nitrogens with zero attached hydrogens (tertiary/aromatic N) is 3. The van der Waals surface area contributed by atoms with Crippen molar-refractivity contribution < 1.29 is 54.9 Å². The van der Waals surface area contributed by atoms with Crippen LogP contribution in [0.1, 0.15) is 53.5 Å². The molecule has 48 heavy (non-hydrogen) atoms. The number of amides is 2. The summed E-state index contributed by atoms with van der Waals surface area (Å²) in [7, 11) is 1.23. The number of aromatic nitrogens is 3. The number of halogens is 7. The molecule has 0 saturated heterocycles. The summed E-state index contributed by atoms with van der Waals surface area (Å²) in [6.07, 6.45) is -4.50. The minimum atomic E-state index is -5.10. The maximum absolute atomic E-state index is 16.1. The van der Waals surface area contributed by atoms with E-state index in [9.17, 15) is 41.0 Å². The molecule has 2 aliphatic rings. The zero-order valence-corrected chi connectivity index (χ0v) is 25.1. The average molecular weight is 682 g/mol. The van der Waals surface area contributed by atoms with Gasteiger partial charge in [0.05, 0.1) is 24.9 Å². The lowest BCUT2D eigenvalue weighted by atomic mass is 9.80. The van der Waals surface area contributed by atoms with Crippen molar-refractivity contribution in [3.8, 4) is 22.8 Å². The summed E-state index contributed by atoms with van der Waals surface area (Å²) < 4.78 is 109. The molecule has 0 radical (unpaired) electrons. The lowest BCUT2D eigenvalue weighted by molar-refractivity contribution is -0.140. The third-order valence-corrected chi connectivity index (χ3v) is 8.79. The fourth-order valence-corrected chi connectivity index (χ4v) is 5.71. The summed E-state index contributed by atoms with van der Waals surface area (Å²) in [4.78, 5) is 30.2. The number of aliphatic hydroxyl groups is 1. The first kappa shape index (κ1) is 33.0. The largest absolute Gasteiger partial charge is 0.494 e. The van der Waals surface area contributed by atoms with Crippen LogP contribution in [-0.2, 0) is 22.0 Å². The smallest absolute Gasteiger partial charge is 0.419 e. The maximum Gasteiger partial charge on any atom is 0.419 e. The van der Waals surface area contributed by atoms with Gasteiger partial charge < -0.3 is 25.6 Å². The summed E-state index contributed by atoms with van der Waals surface area (Å²) in [5.41, 5.74) is -3.86. The number of benzene rings is 2. The molecule has 17 heteroatoms. The molecule has 0 unspecified atom stereocenters. The highest BCUT2D eigenvalue weighted by molar-refractivity contribution is 6.00. The van der Waals surface area contributed by atoms with Gasteiger partial charge in [0, 0.05) is 28.3 Å². The molecule has 10 nitrogen and oxygen atoms in total. The van der Waals surface area contributed by atoms with Crippen molar-refractivity contribution in [2.75, 3.05) is 20.3 Å². The number of methoxy groups -OCH3 is 1. The quantitative estimate of drug-likeness (QED) is 0.213. The number of rotatable bonds is 9. The van der Waals surface area contributed by atoms with Crippen LogP contribution >= 0.6 is 0 Å². The van der Waals surface area contributed by atoms with Gasteiger partial charge in [-0.1, -0.05) is 0 Å². The highest BCUT2D eigenvalue weighted by Gasteiger charge is 2.62. The van der Waals surface area contributed by atoms with E-state index in [4.69, 9.17) is 15.2 Å². The van der Waals surface area contributed by atoms with E-state index in [0.29, 0.717) is 16.8 Å². The van der Waals surface area contributed by atoms with Crippen molar-refractivity contribution in [1.82, 2.24) is 20.1 Å². The molecule has 4 N–H and O–H groups in total. The third-order valence-electron chi connectivity index (χ3n) is 8.79. The van der Waals surface area contributed by atoms with Crippen LogP contribution in [0.25, 0.3) is 22.2 Å². The van der Waals surface area contributed by atoms with E-state index in [1.165, 1.54) is 26.2 Å². The van der Waals surface area contributed by atoms with Crippen molar-refractivity contribution >= 4 is 22.7 Å². The summed E-state index contributed by atoms with van der Waals surface area (Å²) >= 11 is 0. The Morgan fingerprint density at radius 2 is 1.90 bits per heavy atom. The van der Waals surface area contributed by atoms with Gasteiger partial charge in [0.2, 0.25) is 5.91 Å². The van der Waals surface area contributed by atoms with Gasteiger partial charge in [-0.3, -0.25) is 9.59 Å². The maximum atomic E-state index is 16.1. The molecule has 2 aromatic heterocycles. The lowest BCUT2D eigenvalue weighted by Crippen LogP contribution is -2.49. The zero-order valence-electron chi connectivity index (χ0n) is 25.1. The minimum Gasteiger partial charge on any atom is -0.494 e. The molecule has 3 heterocycles. The number of primary amides is 1. The standard InChI is InChI=1S/C31H26F7N5O5/c1-28(26(39)45)13-48-24-18(28)10-21(41-23(24)14-3-4-19(32)17(8-14)31(36,37)38)30(46,29(35)5-6-29)12-40-25(44)15-7-16-11-43(27(33)34)42-22(16)20(9-15)47-2/h3-4,7-11,27,46H,5-6,12-13H2,1-2H3,(H2,39,45)(H,40,44)/t28-,30-/m0/s1. The van der Waals surface area contributed by atoms with E-state index in [0.717, 1.165) is 18.3 Å². The number of nitrogens with two attached hydrogens (primary N) is 1. The second kappa shape index (κ2) is 11.1. The Kier molecular flexibility index (Phi) is 7.61. The molecule has 1 aliphatic heterocycles. The highest BCUT2D eigenvalue weighted by Crippen LogP contribution is 2.55. The predicted octanol–water partition coefficient (Wildman–Crippen LogP) is 4.92. The fourth-order valence-electron chi connectivity index (χ4n) is 5.71. The van der Waals surface area contributed by atoms with Crippen molar-refractivity contribution in [2.24, 2.45) is 5.73 Å². The molecule has 6 rings (SSSR count). The van der Waals surface area contributed by atoms with Crippen LogP contribution in [0.15, 0.2) is 42.6 Å². The molecule has 254 valence electrons. The molecular weight excluding hydrogens is 655 g/mol. The molecular formula is C31H26F7N5O5. The summed E-state index contributed by atoms with van der Waals surface area (Å²) in [5, 5.41) is 18.3. The summed E-state index contributed by atoms with van der Waals surface area (Å²) in [6, 6.07) is 5.58. The van der Waals surface area contributed by atoms with Crippen molar-refractivity contribution in [3.63, 3.8) is 0 Å². The number of alkyl halides is 6. The van der Waals surface area contributed by atoms with Crippen LogP contribution in [0.5, 0.6) is 11.5 Å². The fraction of sp³-hybridized carbons (Fsp3) is 0.355. The van der Waals surface area contributed by atoms with Crippen LogP contribution in [-0.4, -0.2) is 57.6 Å². The second-order valence-corrected chi connectivity index (χ2v) is 11.9. The van der Waals surface area contributed by atoms with Gasteiger partial charge in [-0.15, -0.1) is 0 Å². The first-order valence-corrected chi connectivity index (χ1v) is 14.3. The van der Waals surface area contributed by atoms with Gasteiger partial charge >= 0.3 is 12.7 Å². The summed E-state index contributed by atoms with van der Waals surface area (Å²) in [5.74, 6) is -3.57. The van der Waals surface area contributed by atoms with Gasteiger partial charge in [0.25, 0.3) is 5.91 Å². The Labute approximate surface area is 266 Å². The van der Waals surface area contributed by atoms with Crippen LogP contribution < -0.4 is 20.5 Å². The van der Waals surface area contributed by atoms with E-state index < -0.39 is 64.8 Å². The van der Waals surface area contributed by atoms with E-state index >= 15 is 4.39 Å². The van der Waals surface area contributed by atoms with E-state index in [1.807, 2.05) is 0 Å². The Balaban J connectivity index is 1.44. The van der Waals surface area contributed by atoms with Crippen molar-refractivity contribution in [3.05, 3.63) is 70.8 Å². The number of carbonyl (C=O) groups is 2. The Morgan fingerprint density at radius 3 is 2.50 bits per heavy atom. The van der Waals surface area contributed by atoms with Gasteiger partial charge in [0.15, 0.2) is 5.60 Å². The Morgan fingerprint density at radius 1 is 1.19 bits per heavy atom. The number of hydrogen-bond acceptors (Lipinski definition) is 7. The monoisotopic (exact) mass is 681 g/mol. The first-order chi connectivity index (χ1) is 22.4. The summed E-state index contributed by atoms with van der Waals surface area (Å²) in [6.45, 7) is -2.81. The number of pyridine rings is 1. The predicted molar refractivity (Wildman–Crippen MR) is 154 cm³/mol. The molecule has 2 amide bonds. The lowest BCUT2D eigenvalue weighted by Gasteiger charge is -2.33. The Bertz CT molecular complexity index is 1980. The normalized spacial score (nSPS) is 19.5. The number of ether oxygens (including phenoxy) is 2. The van der Waals surface area contributed by atoms with E-state index in [1.54, 1.807) is 0 Å². The molecule has 1 fully saturated rings. The molecule has 1 saturated carbocycles. The van der Waals surface area contributed by atoms with Gasteiger partial charge in [0.1, 0.15) is 46.2 Å². The van der Waals surface area contributed by atoms with Crippen LogP contribution in [0.3, 0.4) is 0 Å². The van der Waals surface area contributed by atoms with Crippen LogP contribution in [0, 0.1) is 5.82 Å². The SMILES string of the molecule is COc1cc(C(=O)NC[C@](O)(c2cc3c(c(-c4ccc(F)c(C(F)(F)F)c4)n2)OC[C@]3(C)C(N)=O)C2(F)CC2)cc2cn(C(F)F)nc12. The van der Waals surface area contributed by atoms with Gasteiger partial charge in [-0.05, 0) is 56.2 Å². The van der Waals surface area contributed by atoms with E-state index in [2.05, 4.69) is 15.4 Å². The highest BCUT2D eigenvalue weighted by atomic mass is 19.4. The van der Waals surface area contributed by atoms with Gasteiger partial charge in [-0.25, -0.2) is 18.4 Å². The minimum absolute atomic E-state index is 0.0203. The van der Waals surface area contributed by atoms with Crippen LogP contribution in [0.4, 0.5) is 30.7 Å². The Hall–Kier alpha value is -4.93. The number of carbonyl (C=O) groups excluding carboxylic acids is 2. The molecule has 0 spiro atoms. The number of fused-ring (bicyclic) bond motifs is 2. The topological polar surface area (TPSA) is 142 Å². The van der Waals surface area contributed by atoms with Crippen molar-refractivity contribution in [2.45, 2.75) is 49.2 Å². The zero-order chi connectivity index (χ0) is 35.0. The first-order valence-electron chi connectivity index (χ1n) is 14.3. The molecule has 2 atom stereocenters.